The normalized spacial score (nSPS) is 12.3. The van der Waals surface area contributed by atoms with Crippen LogP contribution in [0.1, 0.15) is 12.5 Å². The largest absolute Gasteiger partial charge is 0.493 e. The maximum Gasteiger partial charge on any atom is 0.458 e. The summed E-state index contributed by atoms with van der Waals surface area (Å²) >= 11 is 0.775. The van der Waals surface area contributed by atoms with Gasteiger partial charge in [-0.2, -0.15) is 22.0 Å². The molecule has 0 atom stereocenters. The van der Waals surface area contributed by atoms with Crippen molar-refractivity contribution >= 4 is 11.8 Å². The third-order valence-electron chi connectivity index (χ3n) is 3.34. The van der Waals surface area contributed by atoms with Crippen LogP contribution in [0.2, 0.25) is 0 Å². The summed E-state index contributed by atoms with van der Waals surface area (Å²) in [7, 11) is 2.80. The highest BCUT2D eigenvalue weighted by atomic mass is 32.2. The van der Waals surface area contributed by atoms with Gasteiger partial charge in [-0.1, -0.05) is 18.7 Å². The van der Waals surface area contributed by atoms with Crippen molar-refractivity contribution in [3.05, 3.63) is 29.8 Å². The molecule has 0 aliphatic carbocycles. The van der Waals surface area contributed by atoms with Crippen molar-refractivity contribution in [1.82, 2.24) is 0 Å². The number of hydrogen-bond acceptors (Lipinski definition) is 4. The summed E-state index contributed by atoms with van der Waals surface area (Å²) in [4.78, 5) is 0. The number of alkyl halides is 5. The van der Waals surface area contributed by atoms with E-state index in [1.54, 1.807) is 6.92 Å². The van der Waals surface area contributed by atoms with E-state index in [9.17, 15) is 22.0 Å². The molecule has 9 heteroatoms. The van der Waals surface area contributed by atoms with Gasteiger partial charge in [0, 0.05) is 5.56 Å². The van der Waals surface area contributed by atoms with Gasteiger partial charge in [-0.25, -0.2) is 0 Å². The number of thioether (sulfide) groups is 1. The molecule has 1 heterocycles. The van der Waals surface area contributed by atoms with Crippen LogP contribution in [0, 0.1) is 0 Å². The minimum Gasteiger partial charge on any atom is -0.493 e. The highest BCUT2D eigenvalue weighted by Crippen LogP contribution is 2.49. The van der Waals surface area contributed by atoms with Gasteiger partial charge in [-0.3, -0.25) is 0 Å². The van der Waals surface area contributed by atoms with E-state index in [1.807, 2.05) is 0 Å². The molecule has 0 radical (unpaired) electrons. The van der Waals surface area contributed by atoms with Crippen molar-refractivity contribution in [1.29, 1.82) is 0 Å². The summed E-state index contributed by atoms with van der Waals surface area (Å²) in [5, 5.41) is -0.463. The van der Waals surface area contributed by atoms with Gasteiger partial charge in [0.15, 0.2) is 16.6 Å². The second kappa shape index (κ2) is 7.15. The van der Waals surface area contributed by atoms with Gasteiger partial charge in [-0.05, 0) is 30.0 Å². The first-order valence-corrected chi connectivity index (χ1v) is 8.08. The van der Waals surface area contributed by atoms with Crippen LogP contribution >= 0.6 is 11.8 Å². The first-order chi connectivity index (χ1) is 11.7. The fourth-order valence-corrected chi connectivity index (χ4v) is 2.87. The number of hydrogen-bond donors (Lipinski definition) is 0. The summed E-state index contributed by atoms with van der Waals surface area (Å²) in [5.41, 5.74) is -0.906. The lowest BCUT2D eigenvalue weighted by molar-refractivity contribution is -0.290. The molecule has 0 saturated carbocycles. The lowest BCUT2D eigenvalue weighted by atomic mass is 10.1. The van der Waals surface area contributed by atoms with Crippen molar-refractivity contribution in [3.8, 4) is 22.8 Å². The zero-order valence-corrected chi connectivity index (χ0v) is 14.4. The van der Waals surface area contributed by atoms with Crippen molar-refractivity contribution in [2.24, 2.45) is 0 Å². The molecule has 0 bridgehead atoms. The Morgan fingerprint density at radius 3 is 2.16 bits per heavy atom. The van der Waals surface area contributed by atoms with Gasteiger partial charge in [0.25, 0.3) is 0 Å². The minimum atomic E-state index is -5.71. The number of benzene rings is 1. The molecule has 1 aromatic heterocycles. The van der Waals surface area contributed by atoms with Crippen LogP contribution in [-0.2, 0) is 5.92 Å². The number of rotatable bonds is 6. The Labute approximate surface area is 145 Å². The van der Waals surface area contributed by atoms with E-state index in [-0.39, 0.29) is 11.5 Å². The number of methoxy groups -OCH3 is 2. The maximum atomic E-state index is 13.8. The Morgan fingerprint density at radius 1 is 1.00 bits per heavy atom. The van der Waals surface area contributed by atoms with Crippen molar-refractivity contribution in [2.75, 3.05) is 20.0 Å². The van der Waals surface area contributed by atoms with Crippen molar-refractivity contribution < 1.29 is 35.8 Å². The molecule has 0 N–H and O–H groups in total. The molecule has 3 nitrogen and oxygen atoms in total. The molecule has 138 valence electrons. The second-order valence-electron chi connectivity index (χ2n) is 4.89. The Hall–Kier alpha value is -1.90. The third kappa shape index (κ3) is 3.70. The Kier molecular flexibility index (Phi) is 5.55. The smallest absolute Gasteiger partial charge is 0.458 e. The first-order valence-electron chi connectivity index (χ1n) is 7.09. The summed E-state index contributed by atoms with van der Waals surface area (Å²) in [6, 6.07) is 5.14. The Morgan fingerprint density at radius 2 is 1.64 bits per heavy atom. The highest BCUT2D eigenvalue weighted by molar-refractivity contribution is 7.99. The van der Waals surface area contributed by atoms with Crippen LogP contribution < -0.4 is 9.47 Å². The quantitative estimate of drug-likeness (QED) is 0.472. The number of halogens is 5. The zero-order chi connectivity index (χ0) is 18.8. The fraction of sp³-hybridized carbons (Fsp3) is 0.375. The van der Waals surface area contributed by atoms with Crippen LogP contribution in [0.4, 0.5) is 22.0 Å². The fourth-order valence-electron chi connectivity index (χ4n) is 2.12. The van der Waals surface area contributed by atoms with E-state index >= 15 is 0 Å². The predicted octanol–water partition coefficient (Wildman–Crippen LogP) is 5.73. The lowest BCUT2D eigenvalue weighted by Gasteiger charge is -2.18. The van der Waals surface area contributed by atoms with E-state index in [4.69, 9.17) is 13.9 Å². The molecular formula is C16H15F5O3S. The van der Waals surface area contributed by atoms with Gasteiger partial charge in [-0.15, -0.1) is 0 Å². The minimum absolute atomic E-state index is 0.115. The van der Waals surface area contributed by atoms with Crippen LogP contribution in [0.5, 0.6) is 11.5 Å². The molecule has 0 unspecified atom stereocenters. The molecule has 25 heavy (non-hydrogen) atoms. The Bertz CT molecular complexity index is 740. The second-order valence-corrected chi connectivity index (χ2v) is 6.12. The lowest BCUT2D eigenvalue weighted by Crippen LogP contribution is -2.33. The molecule has 2 aromatic rings. The standard InChI is InChI=1S/C16H15F5O3S/c1-4-25-14-10(15(17,18)16(19,20)21)8-12(24-14)9-5-6-11(22-2)13(7-9)23-3/h5-8H,4H2,1-3H3. The molecular weight excluding hydrogens is 367 g/mol. The van der Waals surface area contributed by atoms with Crippen molar-refractivity contribution in [3.63, 3.8) is 0 Å². The molecule has 1 aromatic carbocycles. The summed E-state index contributed by atoms with van der Waals surface area (Å²) in [6.45, 7) is 1.62. The van der Waals surface area contributed by atoms with E-state index in [0.717, 1.165) is 11.8 Å². The summed E-state index contributed by atoms with van der Waals surface area (Å²) in [5.74, 6) is -4.16. The average molecular weight is 382 g/mol. The molecule has 0 amide bonds. The molecule has 0 spiro atoms. The van der Waals surface area contributed by atoms with Crippen LogP contribution in [0.25, 0.3) is 11.3 Å². The average Bonchev–Trinajstić information content (AvgIpc) is 2.98. The SMILES string of the molecule is CCSc1oc(-c2ccc(OC)c(OC)c2)cc1C(F)(F)C(F)(F)F. The summed E-state index contributed by atoms with van der Waals surface area (Å²) in [6.07, 6.45) is -5.71. The van der Waals surface area contributed by atoms with Gasteiger partial charge in [0.05, 0.1) is 19.8 Å². The van der Waals surface area contributed by atoms with Crippen LogP contribution in [-0.4, -0.2) is 26.1 Å². The van der Waals surface area contributed by atoms with Crippen LogP contribution in [0.15, 0.2) is 33.8 Å². The molecule has 0 fully saturated rings. The van der Waals surface area contributed by atoms with Gasteiger partial charge in [0.2, 0.25) is 0 Å². The summed E-state index contributed by atoms with van der Waals surface area (Å²) < 4.78 is 81.2. The third-order valence-corrected chi connectivity index (χ3v) is 4.19. The monoisotopic (exact) mass is 382 g/mol. The van der Waals surface area contributed by atoms with Crippen LogP contribution in [0.3, 0.4) is 0 Å². The highest BCUT2D eigenvalue weighted by Gasteiger charge is 2.60. The number of furan rings is 1. The predicted molar refractivity (Wildman–Crippen MR) is 83.6 cm³/mol. The first kappa shape index (κ1) is 19.4. The van der Waals surface area contributed by atoms with E-state index in [1.165, 1.54) is 32.4 Å². The van der Waals surface area contributed by atoms with E-state index in [0.29, 0.717) is 23.1 Å². The van der Waals surface area contributed by atoms with E-state index in [2.05, 4.69) is 0 Å². The molecule has 0 aliphatic heterocycles. The number of ether oxygens (including phenoxy) is 2. The Balaban J connectivity index is 2.56. The molecule has 0 aliphatic rings. The van der Waals surface area contributed by atoms with Gasteiger partial charge >= 0.3 is 12.1 Å². The zero-order valence-electron chi connectivity index (χ0n) is 13.5. The van der Waals surface area contributed by atoms with Gasteiger partial charge in [0.1, 0.15) is 5.76 Å². The van der Waals surface area contributed by atoms with E-state index < -0.39 is 22.8 Å². The topological polar surface area (TPSA) is 31.6 Å². The van der Waals surface area contributed by atoms with Gasteiger partial charge < -0.3 is 13.9 Å². The molecule has 2 rings (SSSR count). The molecule has 0 saturated heterocycles. The maximum absolute atomic E-state index is 13.8. The van der Waals surface area contributed by atoms with Crippen molar-refractivity contribution in [2.45, 2.75) is 24.1 Å².